The van der Waals surface area contributed by atoms with Crippen LogP contribution in [-0.4, -0.2) is 36.6 Å². The number of nitrogens with zero attached hydrogens (tertiary/aromatic N) is 1. The zero-order valence-corrected chi connectivity index (χ0v) is 13.8. The fourth-order valence-corrected chi connectivity index (χ4v) is 2.91. The fourth-order valence-electron chi connectivity index (χ4n) is 2.91. The fraction of sp³-hybridized carbons (Fsp3) is 1.00. The molecular weight excluding hydrogens is 232 g/mol. The lowest BCUT2D eigenvalue weighted by molar-refractivity contribution is 0.163. The van der Waals surface area contributed by atoms with Crippen molar-refractivity contribution in [2.75, 3.05) is 26.2 Å². The van der Waals surface area contributed by atoms with Crippen molar-refractivity contribution in [3.8, 4) is 0 Å². The summed E-state index contributed by atoms with van der Waals surface area (Å²) in [6.07, 6.45) is 9.83. The highest BCUT2D eigenvalue weighted by atomic mass is 15.1. The van der Waals surface area contributed by atoms with E-state index < -0.39 is 0 Å². The largest absolute Gasteiger partial charge is 0.312 e. The first-order chi connectivity index (χ1) is 9.01. The minimum absolute atomic E-state index is 0.266. The van der Waals surface area contributed by atoms with Gasteiger partial charge in [-0.25, -0.2) is 0 Å². The molecule has 1 aliphatic rings. The van der Waals surface area contributed by atoms with Gasteiger partial charge in [-0.1, -0.05) is 32.6 Å². The highest BCUT2D eigenvalue weighted by Gasteiger charge is 2.20. The average Bonchev–Trinajstić information content (AvgIpc) is 2.36. The summed E-state index contributed by atoms with van der Waals surface area (Å²) in [5.74, 6) is 0.864. The van der Waals surface area contributed by atoms with Crippen LogP contribution in [0.15, 0.2) is 0 Å². The predicted octanol–water partition coefficient (Wildman–Crippen LogP) is 4.06. The van der Waals surface area contributed by atoms with Crippen molar-refractivity contribution in [3.05, 3.63) is 0 Å². The zero-order chi connectivity index (χ0) is 14.1. The number of hydrogen-bond acceptors (Lipinski definition) is 2. The second-order valence-corrected chi connectivity index (χ2v) is 7.35. The number of likely N-dealkylation sites (tertiary alicyclic amines) is 1. The Morgan fingerprint density at radius 3 is 2.53 bits per heavy atom. The standard InChI is InChI=1S/C17H36N2/c1-5-6-7-8-9-12-19-13-10-11-16(15-19)14-18-17(2,3)4/h16,18H,5-15H2,1-4H3. The number of piperidine rings is 1. The van der Waals surface area contributed by atoms with Crippen LogP contribution in [0.3, 0.4) is 0 Å². The van der Waals surface area contributed by atoms with Crippen LogP contribution in [0.5, 0.6) is 0 Å². The molecule has 0 aromatic carbocycles. The molecular formula is C17H36N2. The summed E-state index contributed by atoms with van der Waals surface area (Å²) >= 11 is 0. The molecule has 0 aromatic rings. The monoisotopic (exact) mass is 268 g/mol. The Bertz CT molecular complexity index is 220. The quantitative estimate of drug-likeness (QED) is 0.668. The Balaban J connectivity index is 2.12. The molecule has 2 heteroatoms. The van der Waals surface area contributed by atoms with Crippen LogP contribution < -0.4 is 5.32 Å². The summed E-state index contributed by atoms with van der Waals surface area (Å²) < 4.78 is 0. The average molecular weight is 268 g/mol. The first-order valence-electron chi connectivity index (χ1n) is 8.48. The van der Waals surface area contributed by atoms with Crippen molar-refractivity contribution in [1.29, 1.82) is 0 Å². The third kappa shape index (κ3) is 8.65. The lowest BCUT2D eigenvalue weighted by Gasteiger charge is -2.34. The van der Waals surface area contributed by atoms with E-state index in [0.717, 1.165) is 5.92 Å². The molecule has 0 radical (unpaired) electrons. The van der Waals surface area contributed by atoms with Crippen LogP contribution in [0.25, 0.3) is 0 Å². The Morgan fingerprint density at radius 2 is 1.84 bits per heavy atom. The van der Waals surface area contributed by atoms with E-state index in [1.165, 1.54) is 71.1 Å². The molecule has 114 valence electrons. The van der Waals surface area contributed by atoms with Gasteiger partial charge in [0.1, 0.15) is 0 Å². The Morgan fingerprint density at radius 1 is 1.11 bits per heavy atom. The Kier molecular flexibility index (Phi) is 8.01. The molecule has 1 unspecified atom stereocenters. The Labute approximate surface area is 121 Å². The van der Waals surface area contributed by atoms with Crippen LogP contribution >= 0.6 is 0 Å². The van der Waals surface area contributed by atoms with Gasteiger partial charge in [-0.15, -0.1) is 0 Å². The van der Waals surface area contributed by atoms with Crippen molar-refractivity contribution in [1.82, 2.24) is 10.2 Å². The zero-order valence-electron chi connectivity index (χ0n) is 13.8. The van der Waals surface area contributed by atoms with Crippen LogP contribution in [0, 0.1) is 5.92 Å². The molecule has 0 aliphatic carbocycles. The summed E-state index contributed by atoms with van der Waals surface area (Å²) in [7, 11) is 0. The van der Waals surface area contributed by atoms with E-state index in [1.807, 2.05) is 0 Å². The van der Waals surface area contributed by atoms with E-state index in [-0.39, 0.29) is 5.54 Å². The smallest absolute Gasteiger partial charge is 0.00966 e. The molecule has 1 heterocycles. The third-order valence-corrected chi connectivity index (χ3v) is 4.10. The van der Waals surface area contributed by atoms with E-state index in [0.29, 0.717) is 0 Å². The number of unbranched alkanes of at least 4 members (excludes halogenated alkanes) is 4. The predicted molar refractivity (Wildman–Crippen MR) is 85.7 cm³/mol. The van der Waals surface area contributed by atoms with Gasteiger partial charge in [0.05, 0.1) is 0 Å². The molecule has 0 spiro atoms. The maximum atomic E-state index is 3.67. The van der Waals surface area contributed by atoms with Gasteiger partial charge in [-0.05, 0) is 65.6 Å². The molecule has 0 bridgehead atoms. The van der Waals surface area contributed by atoms with Gasteiger partial charge in [-0.3, -0.25) is 0 Å². The van der Waals surface area contributed by atoms with E-state index in [2.05, 4.69) is 37.9 Å². The molecule has 1 rings (SSSR count). The summed E-state index contributed by atoms with van der Waals surface area (Å²) in [5.41, 5.74) is 0.266. The molecule has 1 saturated heterocycles. The number of rotatable bonds is 8. The van der Waals surface area contributed by atoms with E-state index >= 15 is 0 Å². The highest BCUT2D eigenvalue weighted by molar-refractivity contribution is 4.78. The molecule has 1 fully saturated rings. The van der Waals surface area contributed by atoms with Gasteiger partial charge in [0.25, 0.3) is 0 Å². The molecule has 1 aliphatic heterocycles. The van der Waals surface area contributed by atoms with Gasteiger partial charge < -0.3 is 10.2 Å². The lowest BCUT2D eigenvalue weighted by atomic mass is 9.96. The molecule has 19 heavy (non-hydrogen) atoms. The minimum atomic E-state index is 0.266. The summed E-state index contributed by atoms with van der Waals surface area (Å²) in [6, 6.07) is 0. The van der Waals surface area contributed by atoms with E-state index in [9.17, 15) is 0 Å². The highest BCUT2D eigenvalue weighted by Crippen LogP contribution is 2.17. The third-order valence-electron chi connectivity index (χ3n) is 4.10. The normalized spacial score (nSPS) is 21.8. The summed E-state index contributed by atoms with van der Waals surface area (Å²) in [6.45, 7) is 14.3. The Hall–Kier alpha value is -0.0800. The summed E-state index contributed by atoms with van der Waals surface area (Å²) in [4.78, 5) is 2.70. The van der Waals surface area contributed by atoms with Crippen molar-refractivity contribution < 1.29 is 0 Å². The van der Waals surface area contributed by atoms with Gasteiger partial charge in [0, 0.05) is 12.1 Å². The number of nitrogens with one attached hydrogen (secondary N) is 1. The SMILES string of the molecule is CCCCCCCN1CCCC(CNC(C)(C)C)C1. The van der Waals surface area contributed by atoms with Crippen molar-refractivity contribution >= 4 is 0 Å². The van der Waals surface area contributed by atoms with E-state index in [1.54, 1.807) is 0 Å². The van der Waals surface area contributed by atoms with Crippen molar-refractivity contribution in [2.45, 2.75) is 78.2 Å². The molecule has 0 aromatic heterocycles. The molecule has 0 amide bonds. The molecule has 2 nitrogen and oxygen atoms in total. The van der Waals surface area contributed by atoms with Gasteiger partial charge in [-0.2, -0.15) is 0 Å². The number of hydrogen-bond donors (Lipinski definition) is 1. The maximum Gasteiger partial charge on any atom is 0.00966 e. The van der Waals surface area contributed by atoms with Gasteiger partial charge >= 0.3 is 0 Å². The molecule has 0 saturated carbocycles. The van der Waals surface area contributed by atoms with Gasteiger partial charge in [0.2, 0.25) is 0 Å². The van der Waals surface area contributed by atoms with Crippen LogP contribution in [-0.2, 0) is 0 Å². The topological polar surface area (TPSA) is 15.3 Å². The maximum absolute atomic E-state index is 3.67. The first-order valence-corrected chi connectivity index (χ1v) is 8.48. The molecule has 1 N–H and O–H groups in total. The van der Waals surface area contributed by atoms with Crippen LogP contribution in [0.1, 0.15) is 72.6 Å². The van der Waals surface area contributed by atoms with Crippen molar-refractivity contribution in [2.24, 2.45) is 5.92 Å². The molecule has 1 atom stereocenters. The van der Waals surface area contributed by atoms with Crippen molar-refractivity contribution in [3.63, 3.8) is 0 Å². The first kappa shape index (κ1) is 17.0. The van der Waals surface area contributed by atoms with Gasteiger partial charge in [0.15, 0.2) is 0 Å². The van der Waals surface area contributed by atoms with Crippen LogP contribution in [0.4, 0.5) is 0 Å². The second-order valence-electron chi connectivity index (χ2n) is 7.35. The minimum Gasteiger partial charge on any atom is -0.312 e. The lowest BCUT2D eigenvalue weighted by Crippen LogP contribution is -2.44. The second kappa shape index (κ2) is 8.97. The van der Waals surface area contributed by atoms with E-state index in [4.69, 9.17) is 0 Å². The summed E-state index contributed by atoms with van der Waals surface area (Å²) in [5, 5.41) is 3.67. The van der Waals surface area contributed by atoms with Crippen LogP contribution in [0.2, 0.25) is 0 Å².